The second-order valence-electron chi connectivity index (χ2n) is 5.52. The van der Waals surface area contributed by atoms with E-state index in [4.69, 9.17) is 4.74 Å². The second kappa shape index (κ2) is 7.72. The Balaban J connectivity index is 2.04. The molecule has 7 heteroatoms. The average molecular weight is 332 g/mol. The van der Waals surface area contributed by atoms with Gasteiger partial charge in [-0.1, -0.05) is 30.3 Å². The summed E-state index contributed by atoms with van der Waals surface area (Å²) in [4.78, 5) is 48.9. The predicted octanol–water partition coefficient (Wildman–Crippen LogP) is 0.424. The van der Waals surface area contributed by atoms with Crippen LogP contribution in [0.4, 0.5) is 0 Å². The molecule has 0 spiro atoms. The number of Topliss-reactive ketones (excluding diaryl/α,β-unsaturated/α-hetero) is 1. The molecule has 0 bridgehead atoms. The van der Waals surface area contributed by atoms with Gasteiger partial charge in [0.2, 0.25) is 5.91 Å². The quantitative estimate of drug-likeness (QED) is 0.444. The number of rotatable bonds is 7. The topological polar surface area (TPSA) is 92.8 Å². The van der Waals surface area contributed by atoms with Crippen LogP contribution >= 0.6 is 0 Å². The molecule has 1 aromatic rings. The zero-order valence-corrected chi connectivity index (χ0v) is 13.7. The van der Waals surface area contributed by atoms with Crippen molar-refractivity contribution < 1.29 is 23.9 Å². The third-order valence-corrected chi connectivity index (χ3v) is 3.75. The molecule has 0 aliphatic carbocycles. The van der Waals surface area contributed by atoms with E-state index in [9.17, 15) is 19.2 Å². The number of hydrogen-bond acceptors (Lipinski definition) is 5. The van der Waals surface area contributed by atoms with Gasteiger partial charge in [-0.15, -0.1) is 0 Å². The maximum Gasteiger partial charge on any atom is 0.329 e. The summed E-state index contributed by atoms with van der Waals surface area (Å²) in [7, 11) is 0. The molecule has 2 rings (SSSR count). The first-order valence-electron chi connectivity index (χ1n) is 7.75. The van der Waals surface area contributed by atoms with E-state index in [-0.39, 0.29) is 13.0 Å². The summed E-state index contributed by atoms with van der Waals surface area (Å²) in [5, 5.41) is 2.51. The van der Waals surface area contributed by atoms with Crippen molar-refractivity contribution in [3.63, 3.8) is 0 Å². The largest absolute Gasteiger partial charge is 0.459 e. The molecule has 1 heterocycles. The fourth-order valence-corrected chi connectivity index (χ4v) is 2.55. The zero-order valence-electron chi connectivity index (χ0n) is 13.7. The normalized spacial score (nSPS) is 17.7. The molecule has 0 saturated carbocycles. The van der Waals surface area contributed by atoms with Crippen molar-refractivity contribution in [1.82, 2.24) is 10.2 Å². The number of β-lactam (4-membered cyclic amide) rings is 1. The number of ketones is 1. The Kier molecular flexibility index (Phi) is 5.68. The highest BCUT2D eigenvalue weighted by atomic mass is 16.5. The molecule has 1 saturated heterocycles. The highest BCUT2D eigenvalue weighted by molar-refractivity contribution is 6.10. The summed E-state index contributed by atoms with van der Waals surface area (Å²) >= 11 is 0. The van der Waals surface area contributed by atoms with E-state index >= 15 is 0 Å². The van der Waals surface area contributed by atoms with Crippen LogP contribution in [0.15, 0.2) is 30.3 Å². The van der Waals surface area contributed by atoms with Crippen LogP contribution in [0.1, 0.15) is 25.8 Å². The second-order valence-corrected chi connectivity index (χ2v) is 5.52. The minimum atomic E-state index is -1.29. The number of hydrogen-bond donors (Lipinski definition) is 1. The SMILES string of the molecule is CCNC(=O)C(C(C)=O)N1C(=O)C[C@H]1C(=O)OCc1ccccc1. The lowest BCUT2D eigenvalue weighted by atomic mass is 9.96. The van der Waals surface area contributed by atoms with Crippen molar-refractivity contribution in [3.05, 3.63) is 35.9 Å². The van der Waals surface area contributed by atoms with Crippen LogP contribution in [0.25, 0.3) is 0 Å². The molecule has 1 aliphatic rings. The monoisotopic (exact) mass is 332 g/mol. The molecule has 2 atom stereocenters. The van der Waals surface area contributed by atoms with Crippen molar-refractivity contribution in [2.45, 2.75) is 39.0 Å². The molecule has 24 heavy (non-hydrogen) atoms. The van der Waals surface area contributed by atoms with Gasteiger partial charge in [0, 0.05) is 6.54 Å². The van der Waals surface area contributed by atoms with Crippen LogP contribution < -0.4 is 5.32 Å². The number of likely N-dealkylation sites (N-methyl/N-ethyl adjacent to an activating group) is 1. The van der Waals surface area contributed by atoms with Crippen LogP contribution in [0, 0.1) is 0 Å². The lowest BCUT2D eigenvalue weighted by Crippen LogP contribution is -2.66. The van der Waals surface area contributed by atoms with E-state index in [2.05, 4.69) is 5.32 Å². The number of esters is 1. The van der Waals surface area contributed by atoms with E-state index in [1.54, 1.807) is 6.92 Å². The third-order valence-electron chi connectivity index (χ3n) is 3.75. The van der Waals surface area contributed by atoms with Gasteiger partial charge in [0.05, 0.1) is 6.42 Å². The Morgan fingerprint density at radius 3 is 2.50 bits per heavy atom. The minimum absolute atomic E-state index is 0.0587. The molecule has 1 aromatic carbocycles. The molecule has 2 amide bonds. The molecule has 128 valence electrons. The summed E-state index contributed by atoms with van der Waals surface area (Å²) in [5.41, 5.74) is 0.815. The van der Waals surface area contributed by atoms with E-state index in [1.165, 1.54) is 6.92 Å². The van der Waals surface area contributed by atoms with Gasteiger partial charge in [-0.2, -0.15) is 0 Å². The Hall–Kier alpha value is -2.70. The number of nitrogens with one attached hydrogen (secondary N) is 1. The Labute approximate surface area is 140 Å². The van der Waals surface area contributed by atoms with Gasteiger partial charge in [-0.05, 0) is 19.4 Å². The van der Waals surface area contributed by atoms with Gasteiger partial charge in [-0.3, -0.25) is 14.4 Å². The first-order chi connectivity index (χ1) is 11.5. The number of nitrogens with zero attached hydrogens (tertiary/aromatic N) is 1. The fourth-order valence-electron chi connectivity index (χ4n) is 2.55. The van der Waals surface area contributed by atoms with Crippen molar-refractivity contribution in [3.8, 4) is 0 Å². The standard InChI is InChI=1S/C17H20N2O5/c1-3-18-16(22)15(11(2)20)19-13(9-14(19)21)17(23)24-10-12-7-5-4-6-8-12/h4-8,13,15H,3,9-10H2,1-2H3,(H,18,22)/t13-,15?/m0/s1. The molecule has 0 aromatic heterocycles. The highest BCUT2D eigenvalue weighted by Crippen LogP contribution is 2.25. The van der Waals surface area contributed by atoms with Crippen LogP contribution in [0.2, 0.25) is 0 Å². The molecule has 1 fully saturated rings. The lowest BCUT2D eigenvalue weighted by molar-refractivity contribution is -0.172. The summed E-state index contributed by atoms with van der Waals surface area (Å²) in [6.07, 6.45) is -0.0587. The number of carbonyl (C=O) groups excluding carboxylic acids is 4. The van der Waals surface area contributed by atoms with E-state index in [0.717, 1.165) is 10.5 Å². The molecule has 1 N–H and O–H groups in total. The molecule has 1 aliphatic heterocycles. The predicted molar refractivity (Wildman–Crippen MR) is 84.6 cm³/mol. The van der Waals surface area contributed by atoms with E-state index in [1.807, 2.05) is 30.3 Å². The Morgan fingerprint density at radius 1 is 1.29 bits per heavy atom. The maximum atomic E-state index is 12.2. The Morgan fingerprint density at radius 2 is 1.96 bits per heavy atom. The van der Waals surface area contributed by atoms with Crippen LogP contribution in [0.3, 0.4) is 0 Å². The van der Waals surface area contributed by atoms with Crippen LogP contribution in [0.5, 0.6) is 0 Å². The molecular weight excluding hydrogens is 312 g/mol. The zero-order chi connectivity index (χ0) is 17.7. The van der Waals surface area contributed by atoms with Gasteiger partial charge < -0.3 is 15.0 Å². The average Bonchev–Trinajstić information content (AvgIpc) is 2.56. The Bertz CT molecular complexity index is 644. The maximum absolute atomic E-state index is 12.2. The van der Waals surface area contributed by atoms with E-state index in [0.29, 0.717) is 6.54 Å². The molecule has 7 nitrogen and oxygen atoms in total. The first-order valence-corrected chi connectivity index (χ1v) is 7.75. The van der Waals surface area contributed by atoms with Gasteiger partial charge in [0.25, 0.3) is 5.91 Å². The lowest BCUT2D eigenvalue weighted by Gasteiger charge is -2.42. The van der Waals surface area contributed by atoms with Crippen molar-refractivity contribution in [2.24, 2.45) is 0 Å². The van der Waals surface area contributed by atoms with Gasteiger partial charge in [-0.25, -0.2) is 4.79 Å². The summed E-state index contributed by atoms with van der Waals surface area (Å²) < 4.78 is 5.20. The van der Waals surface area contributed by atoms with E-state index < -0.39 is 35.7 Å². The molecule has 1 unspecified atom stereocenters. The smallest absolute Gasteiger partial charge is 0.329 e. The van der Waals surface area contributed by atoms with Gasteiger partial charge >= 0.3 is 5.97 Å². The van der Waals surface area contributed by atoms with Gasteiger partial charge in [0.1, 0.15) is 12.6 Å². The summed E-state index contributed by atoms with van der Waals surface area (Å²) in [6, 6.07) is 6.92. The number of benzene rings is 1. The number of ether oxygens (including phenoxy) is 1. The number of carbonyl (C=O) groups is 4. The minimum Gasteiger partial charge on any atom is -0.459 e. The third kappa shape index (κ3) is 3.79. The summed E-state index contributed by atoms with van der Waals surface area (Å²) in [6.45, 7) is 3.33. The number of amides is 2. The fraction of sp³-hybridized carbons (Fsp3) is 0.412. The molecular formula is C17H20N2O5. The van der Waals surface area contributed by atoms with Crippen molar-refractivity contribution >= 4 is 23.6 Å². The van der Waals surface area contributed by atoms with Crippen LogP contribution in [-0.4, -0.2) is 47.1 Å². The summed E-state index contributed by atoms with van der Waals surface area (Å²) in [5.74, 6) is -2.11. The highest BCUT2D eigenvalue weighted by Gasteiger charge is 2.49. The van der Waals surface area contributed by atoms with Crippen molar-refractivity contribution in [2.75, 3.05) is 6.54 Å². The number of likely N-dealkylation sites (tertiary alicyclic amines) is 1. The molecule has 0 radical (unpaired) electrons. The van der Waals surface area contributed by atoms with Gasteiger partial charge in [0.15, 0.2) is 11.8 Å². The van der Waals surface area contributed by atoms with Crippen LogP contribution in [-0.2, 0) is 30.5 Å². The first kappa shape index (κ1) is 17.7. The van der Waals surface area contributed by atoms with Crippen molar-refractivity contribution in [1.29, 1.82) is 0 Å².